The summed E-state index contributed by atoms with van der Waals surface area (Å²) in [5, 5.41) is 13.9. The van der Waals surface area contributed by atoms with Crippen molar-refractivity contribution in [2.45, 2.75) is 44.9 Å². The van der Waals surface area contributed by atoms with E-state index in [1.54, 1.807) is 20.8 Å². The summed E-state index contributed by atoms with van der Waals surface area (Å²) in [4.78, 5) is 22.7. The Hall–Kier alpha value is -1.30. The van der Waals surface area contributed by atoms with Crippen LogP contribution in [0.2, 0.25) is 0 Å². The van der Waals surface area contributed by atoms with Crippen LogP contribution in [0, 0.1) is 0 Å². The van der Waals surface area contributed by atoms with Crippen molar-refractivity contribution in [1.29, 1.82) is 0 Å². The Balaban J connectivity index is 2.43. The Labute approximate surface area is 94.3 Å². The van der Waals surface area contributed by atoms with Gasteiger partial charge in [0, 0.05) is 0 Å². The molecule has 0 aromatic rings. The first kappa shape index (κ1) is 12.8. The molecular weight excluding hydrogens is 212 g/mol. The van der Waals surface area contributed by atoms with Crippen LogP contribution in [0.4, 0.5) is 4.79 Å². The lowest BCUT2D eigenvalue weighted by Gasteiger charge is -2.20. The zero-order chi connectivity index (χ0) is 12.3. The summed E-state index contributed by atoms with van der Waals surface area (Å²) in [6.45, 7) is 5.12. The minimum Gasteiger partial charge on any atom is -0.444 e. The van der Waals surface area contributed by atoms with Gasteiger partial charge in [-0.2, -0.15) is 0 Å². The first-order chi connectivity index (χ1) is 7.31. The van der Waals surface area contributed by atoms with Crippen molar-refractivity contribution in [1.82, 2.24) is 10.6 Å². The van der Waals surface area contributed by atoms with Gasteiger partial charge in [-0.1, -0.05) is 0 Å². The lowest BCUT2D eigenvalue weighted by atomic mass is 10.2. The molecule has 0 aliphatic carbocycles. The van der Waals surface area contributed by atoms with Gasteiger partial charge in [-0.15, -0.1) is 0 Å². The molecule has 1 rings (SSSR count). The van der Waals surface area contributed by atoms with Crippen LogP contribution in [0.15, 0.2) is 0 Å². The SMILES string of the molecule is CC(C)(C)OC(=O)N[C@H]1C[C@@H](CO)NC1=O. The van der Waals surface area contributed by atoms with E-state index in [9.17, 15) is 9.59 Å². The Morgan fingerprint density at radius 2 is 2.25 bits per heavy atom. The highest BCUT2D eigenvalue weighted by Gasteiger charge is 2.33. The van der Waals surface area contributed by atoms with Gasteiger partial charge in [-0.3, -0.25) is 4.79 Å². The van der Waals surface area contributed by atoms with Crippen molar-refractivity contribution in [3.05, 3.63) is 0 Å². The molecule has 16 heavy (non-hydrogen) atoms. The fourth-order valence-electron chi connectivity index (χ4n) is 1.45. The molecule has 1 aliphatic heterocycles. The highest BCUT2D eigenvalue weighted by Crippen LogP contribution is 2.10. The van der Waals surface area contributed by atoms with Gasteiger partial charge in [0.1, 0.15) is 11.6 Å². The maximum atomic E-state index is 11.4. The number of ether oxygens (including phenoxy) is 1. The summed E-state index contributed by atoms with van der Waals surface area (Å²) in [6, 6.07) is -0.903. The van der Waals surface area contributed by atoms with Gasteiger partial charge in [0.25, 0.3) is 0 Å². The molecular formula is C10H18N2O4. The number of alkyl carbamates (subject to hydrolysis) is 1. The number of nitrogens with one attached hydrogen (secondary N) is 2. The fraction of sp³-hybridized carbons (Fsp3) is 0.800. The molecule has 0 unspecified atom stereocenters. The van der Waals surface area contributed by atoms with Gasteiger partial charge in [-0.25, -0.2) is 4.79 Å². The normalized spacial score (nSPS) is 25.1. The predicted octanol–water partition coefficient (Wildman–Crippen LogP) is -0.240. The van der Waals surface area contributed by atoms with E-state index in [1.807, 2.05) is 0 Å². The summed E-state index contributed by atoms with van der Waals surface area (Å²) in [5.41, 5.74) is -0.588. The van der Waals surface area contributed by atoms with Gasteiger partial charge in [-0.05, 0) is 27.2 Å². The number of carbonyl (C=O) groups excluding carboxylic acids is 2. The van der Waals surface area contributed by atoms with Crippen molar-refractivity contribution < 1.29 is 19.4 Å². The second-order valence-corrected chi connectivity index (χ2v) is 4.82. The molecule has 0 radical (unpaired) electrons. The maximum Gasteiger partial charge on any atom is 0.408 e. The largest absolute Gasteiger partial charge is 0.444 e. The van der Waals surface area contributed by atoms with Crippen LogP contribution in [0.3, 0.4) is 0 Å². The number of aliphatic hydroxyl groups is 1. The maximum absolute atomic E-state index is 11.4. The number of rotatable bonds is 2. The zero-order valence-electron chi connectivity index (χ0n) is 9.74. The Morgan fingerprint density at radius 1 is 1.62 bits per heavy atom. The smallest absolute Gasteiger partial charge is 0.408 e. The minimum atomic E-state index is -0.619. The van der Waals surface area contributed by atoms with Crippen molar-refractivity contribution in [3.8, 4) is 0 Å². The van der Waals surface area contributed by atoms with E-state index >= 15 is 0 Å². The predicted molar refractivity (Wildman–Crippen MR) is 56.8 cm³/mol. The fourth-order valence-corrected chi connectivity index (χ4v) is 1.45. The van der Waals surface area contributed by atoms with Gasteiger partial charge in [0.2, 0.25) is 5.91 Å². The summed E-state index contributed by atoms with van der Waals surface area (Å²) in [5.74, 6) is -0.287. The first-order valence-electron chi connectivity index (χ1n) is 5.22. The minimum absolute atomic E-state index is 0.127. The number of hydrogen-bond acceptors (Lipinski definition) is 4. The third-order valence-corrected chi connectivity index (χ3v) is 2.09. The van der Waals surface area contributed by atoms with Crippen LogP contribution in [0.5, 0.6) is 0 Å². The topological polar surface area (TPSA) is 87.7 Å². The number of carbonyl (C=O) groups is 2. The number of hydrogen-bond donors (Lipinski definition) is 3. The van der Waals surface area contributed by atoms with Crippen LogP contribution >= 0.6 is 0 Å². The molecule has 1 fully saturated rings. The first-order valence-corrected chi connectivity index (χ1v) is 5.22. The summed E-state index contributed by atoms with van der Waals surface area (Å²) < 4.78 is 5.02. The van der Waals surface area contributed by atoms with E-state index in [-0.39, 0.29) is 18.6 Å². The van der Waals surface area contributed by atoms with Gasteiger partial charge >= 0.3 is 6.09 Å². The molecule has 6 nitrogen and oxygen atoms in total. The van der Waals surface area contributed by atoms with E-state index in [4.69, 9.17) is 9.84 Å². The third kappa shape index (κ3) is 3.69. The van der Waals surface area contributed by atoms with E-state index in [2.05, 4.69) is 10.6 Å². The highest BCUT2D eigenvalue weighted by molar-refractivity contribution is 5.87. The van der Waals surface area contributed by atoms with Crippen LogP contribution in [0.1, 0.15) is 27.2 Å². The summed E-state index contributed by atoms with van der Waals surface area (Å²) >= 11 is 0. The second kappa shape index (κ2) is 4.69. The van der Waals surface area contributed by atoms with Crippen molar-refractivity contribution in [3.63, 3.8) is 0 Å². The van der Waals surface area contributed by atoms with Crippen molar-refractivity contribution in [2.24, 2.45) is 0 Å². The summed E-state index contributed by atoms with van der Waals surface area (Å²) in [6.07, 6.45) is -0.236. The molecule has 6 heteroatoms. The van der Waals surface area contributed by atoms with Gasteiger partial charge in [0.15, 0.2) is 0 Å². The average molecular weight is 230 g/mol. The van der Waals surface area contributed by atoms with Gasteiger partial charge < -0.3 is 20.5 Å². The summed E-state index contributed by atoms with van der Waals surface area (Å²) in [7, 11) is 0. The van der Waals surface area contributed by atoms with Gasteiger partial charge in [0.05, 0.1) is 12.6 Å². The number of amides is 2. The van der Waals surface area contributed by atoms with Crippen LogP contribution in [0.25, 0.3) is 0 Å². The van der Waals surface area contributed by atoms with E-state index < -0.39 is 17.7 Å². The Kier molecular flexibility index (Phi) is 3.74. The molecule has 0 saturated carbocycles. The standard InChI is InChI=1S/C10H18N2O4/c1-10(2,3)16-9(15)12-7-4-6(5-13)11-8(7)14/h6-7,13H,4-5H2,1-3H3,(H,11,14)(H,12,15)/t6-,7-/m0/s1. The van der Waals surface area contributed by atoms with Crippen LogP contribution in [-0.4, -0.2) is 41.4 Å². The van der Waals surface area contributed by atoms with Crippen molar-refractivity contribution >= 4 is 12.0 Å². The average Bonchev–Trinajstić information content (AvgIpc) is 2.44. The third-order valence-electron chi connectivity index (χ3n) is 2.09. The highest BCUT2D eigenvalue weighted by atomic mass is 16.6. The molecule has 92 valence electrons. The molecule has 0 aromatic heterocycles. The molecule has 3 N–H and O–H groups in total. The zero-order valence-corrected chi connectivity index (χ0v) is 9.74. The van der Waals surface area contributed by atoms with Crippen LogP contribution in [-0.2, 0) is 9.53 Å². The molecule has 1 heterocycles. The van der Waals surface area contributed by atoms with E-state index in [0.717, 1.165) is 0 Å². The van der Waals surface area contributed by atoms with E-state index in [1.165, 1.54) is 0 Å². The molecule has 0 aromatic carbocycles. The molecule has 0 bridgehead atoms. The molecule has 2 atom stereocenters. The number of aliphatic hydroxyl groups excluding tert-OH is 1. The molecule has 1 saturated heterocycles. The molecule has 2 amide bonds. The molecule has 0 spiro atoms. The molecule has 1 aliphatic rings. The monoisotopic (exact) mass is 230 g/mol. The lowest BCUT2D eigenvalue weighted by Crippen LogP contribution is -2.42. The second-order valence-electron chi connectivity index (χ2n) is 4.82. The quantitative estimate of drug-likeness (QED) is 0.611. The van der Waals surface area contributed by atoms with E-state index in [0.29, 0.717) is 6.42 Å². The Morgan fingerprint density at radius 3 is 2.69 bits per heavy atom. The van der Waals surface area contributed by atoms with Crippen LogP contribution < -0.4 is 10.6 Å². The lowest BCUT2D eigenvalue weighted by molar-refractivity contribution is -0.121. The van der Waals surface area contributed by atoms with Crippen molar-refractivity contribution in [2.75, 3.05) is 6.61 Å². The Bertz CT molecular complexity index is 285.